The number of rotatable bonds is 4. The quantitative estimate of drug-likeness (QED) is 0.926. The Labute approximate surface area is 133 Å². The van der Waals surface area contributed by atoms with Gasteiger partial charge in [-0.3, -0.25) is 9.80 Å². The molecule has 1 aliphatic rings. The summed E-state index contributed by atoms with van der Waals surface area (Å²) >= 11 is 6.29. The summed E-state index contributed by atoms with van der Waals surface area (Å²) in [7, 11) is 0. The van der Waals surface area contributed by atoms with Crippen LogP contribution in [0.1, 0.15) is 33.4 Å². The number of anilines is 1. The molecule has 2 heterocycles. The largest absolute Gasteiger partial charge is 0.370 e. The van der Waals surface area contributed by atoms with Crippen molar-refractivity contribution in [3.63, 3.8) is 0 Å². The van der Waals surface area contributed by atoms with Gasteiger partial charge in [-0.15, -0.1) is 0 Å². The third-order valence-electron chi connectivity index (χ3n) is 3.97. The average Bonchev–Trinajstić information content (AvgIpc) is 2.42. The van der Waals surface area contributed by atoms with Crippen LogP contribution < -0.4 is 5.32 Å². The summed E-state index contributed by atoms with van der Waals surface area (Å²) in [6.07, 6.45) is 0. The van der Waals surface area contributed by atoms with Crippen LogP contribution in [-0.4, -0.2) is 53.0 Å². The van der Waals surface area contributed by atoms with Crippen LogP contribution in [0.5, 0.6) is 0 Å². The highest BCUT2D eigenvalue weighted by molar-refractivity contribution is 6.31. The number of nitrogens with zero attached hydrogens (tertiary/aromatic N) is 3. The van der Waals surface area contributed by atoms with Gasteiger partial charge >= 0.3 is 0 Å². The molecule has 2 rings (SSSR count). The van der Waals surface area contributed by atoms with Crippen LogP contribution in [0.15, 0.2) is 12.1 Å². The van der Waals surface area contributed by atoms with Crippen LogP contribution >= 0.6 is 11.6 Å². The summed E-state index contributed by atoms with van der Waals surface area (Å²) in [4.78, 5) is 9.60. The van der Waals surface area contributed by atoms with Crippen molar-refractivity contribution in [2.45, 2.75) is 39.8 Å². The van der Waals surface area contributed by atoms with E-state index in [9.17, 15) is 0 Å². The van der Waals surface area contributed by atoms with Gasteiger partial charge in [0.1, 0.15) is 5.82 Å². The zero-order valence-corrected chi connectivity index (χ0v) is 14.4. The smallest absolute Gasteiger partial charge is 0.126 e. The van der Waals surface area contributed by atoms with E-state index in [2.05, 4.69) is 47.8 Å². The predicted octanol–water partition coefficient (Wildman–Crippen LogP) is 3.08. The minimum atomic E-state index is 0.257. The lowest BCUT2D eigenvalue weighted by Crippen LogP contribution is -2.53. The van der Waals surface area contributed by atoms with Gasteiger partial charge in [0.2, 0.25) is 0 Å². The highest BCUT2D eigenvalue weighted by Gasteiger charge is 2.26. The first-order valence-electron chi connectivity index (χ1n) is 7.77. The SMILES string of the molecule is CCNc1ccc(Cl)c(CN2CCN(C(C)(C)C)CC2)n1. The van der Waals surface area contributed by atoms with Crippen molar-refractivity contribution in [3.05, 3.63) is 22.8 Å². The second-order valence-electron chi connectivity index (χ2n) is 6.59. The van der Waals surface area contributed by atoms with E-state index in [-0.39, 0.29) is 5.54 Å². The molecule has 0 unspecified atom stereocenters. The monoisotopic (exact) mass is 310 g/mol. The van der Waals surface area contributed by atoms with E-state index in [1.54, 1.807) is 0 Å². The zero-order valence-electron chi connectivity index (χ0n) is 13.6. The fourth-order valence-corrected chi connectivity index (χ4v) is 2.83. The first kappa shape index (κ1) is 16.5. The highest BCUT2D eigenvalue weighted by atomic mass is 35.5. The van der Waals surface area contributed by atoms with Gasteiger partial charge in [0.15, 0.2) is 0 Å². The van der Waals surface area contributed by atoms with Gasteiger partial charge in [0.25, 0.3) is 0 Å². The van der Waals surface area contributed by atoms with E-state index in [1.807, 2.05) is 12.1 Å². The topological polar surface area (TPSA) is 31.4 Å². The van der Waals surface area contributed by atoms with Gasteiger partial charge in [0, 0.05) is 44.8 Å². The van der Waals surface area contributed by atoms with Crippen molar-refractivity contribution >= 4 is 17.4 Å². The molecule has 118 valence electrons. The summed E-state index contributed by atoms with van der Waals surface area (Å²) in [5.74, 6) is 0.908. The maximum Gasteiger partial charge on any atom is 0.126 e. The molecule has 1 aromatic heterocycles. The molecule has 0 radical (unpaired) electrons. The highest BCUT2D eigenvalue weighted by Crippen LogP contribution is 2.21. The number of hydrogen-bond acceptors (Lipinski definition) is 4. The van der Waals surface area contributed by atoms with Crippen LogP contribution in [0.2, 0.25) is 5.02 Å². The Morgan fingerprint density at radius 1 is 1.19 bits per heavy atom. The molecule has 1 aromatic rings. The van der Waals surface area contributed by atoms with E-state index in [0.717, 1.165) is 55.8 Å². The van der Waals surface area contributed by atoms with Gasteiger partial charge in [-0.25, -0.2) is 4.98 Å². The minimum Gasteiger partial charge on any atom is -0.370 e. The van der Waals surface area contributed by atoms with Gasteiger partial charge in [-0.2, -0.15) is 0 Å². The van der Waals surface area contributed by atoms with E-state index in [4.69, 9.17) is 11.6 Å². The number of aromatic nitrogens is 1. The zero-order chi connectivity index (χ0) is 15.5. The summed E-state index contributed by atoms with van der Waals surface area (Å²) in [6.45, 7) is 15.0. The lowest BCUT2D eigenvalue weighted by Gasteiger charge is -2.42. The molecule has 1 N–H and O–H groups in total. The number of halogens is 1. The van der Waals surface area contributed by atoms with E-state index < -0.39 is 0 Å². The molecule has 1 saturated heterocycles. The number of hydrogen-bond donors (Lipinski definition) is 1. The summed E-state index contributed by atoms with van der Waals surface area (Å²) in [5, 5.41) is 4.00. The normalized spacial score (nSPS) is 18.0. The molecule has 4 nitrogen and oxygen atoms in total. The molecule has 0 spiro atoms. The third kappa shape index (κ3) is 4.56. The van der Waals surface area contributed by atoms with Crippen LogP contribution in [-0.2, 0) is 6.54 Å². The van der Waals surface area contributed by atoms with Crippen molar-refractivity contribution in [2.24, 2.45) is 0 Å². The van der Waals surface area contributed by atoms with Crippen LogP contribution in [0.3, 0.4) is 0 Å². The van der Waals surface area contributed by atoms with Crippen LogP contribution in [0.25, 0.3) is 0 Å². The standard InChI is InChI=1S/C16H27ClN4/c1-5-18-15-7-6-13(17)14(19-15)12-20-8-10-21(11-9-20)16(2,3)4/h6-7H,5,8-12H2,1-4H3,(H,18,19). The number of pyridine rings is 1. The maximum absolute atomic E-state index is 6.29. The second-order valence-corrected chi connectivity index (χ2v) is 7.00. The van der Waals surface area contributed by atoms with Crippen molar-refractivity contribution in [2.75, 3.05) is 38.0 Å². The second kappa shape index (κ2) is 6.95. The number of piperazine rings is 1. The molecule has 21 heavy (non-hydrogen) atoms. The molecule has 1 fully saturated rings. The molecule has 0 aromatic carbocycles. The molecule has 1 aliphatic heterocycles. The fraction of sp³-hybridized carbons (Fsp3) is 0.688. The molecule has 0 aliphatic carbocycles. The number of nitrogens with one attached hydrogen (secondary N) is 1. The molecule has 0 bridgehead atoms. The Balaban J connectivity index is 1.95. The van der Waals surface area contributed by atoms with Crippen molar-refractivity contribution < 1.29 is 0 Å². The molecular weight excluding hydrogens is 284 g/mol. The Kier molecular flexibility index (Phi) is 5.47. The first-order chi connectivity index (χ1) is 9.90. The van der Waals surface area contributed by atoms with Crippen molar-refractivity contribution in [1.82, 2.24) is 14.8 Å². The molecule has 0 amide bonds. The Morgan fingerprint density at radius 2 is 1.86 bits per heavy atom. The maximum atomic E-state index is 6.29. The average molecular weight is 311 g/mol. The van der Waals surface area contributed by atoms with E-state index in [1.165, 1.54) is 0 Å². The summed E-state index contributed by atoms with van der Waals surface area (Å²) in [5.41, 5.74) is 1.23. The first-order valence-corrected chi connectivity index (χ1v) is 8.14. The fourth-order valence-electron chi connectivity index (χ4n) is 2.66. The van der Waals surface area contributed by atoms with Gasteiger partial charge in [-0.1, -0.05) is 11.6 Å². The molecule has 5 heteroatoms. The molecule has 0 saturated carbocycles. The van der Waals surface area contributed by atoms with Gasteiger partial charge in [-0.05, 0) is 39.8 Å². The minimum absolute atomic E-state index is 0.257. The van der Waals surface area contributed by atoms with Crippen LogP contribution in [0, 0.1) is 0 Å². The molecular formula is C16H27ClN4. The molecule has 0 atom stereocenters. The van der Waals surface area contributed by atoms with Gasteiger partial charge in [0.05, 0.1) is 10.7 Å². The van der Waals surface area contributed by atoms with E-state index in [0.29, 0.717) is 0 Å². The summed E-state index contributed by atoms with van der Waals surface area (Å²) in [6, 6.07) is 3.88. The predicted molar refractivity (Wildman–Crippen MR) is 90.0 cm³/mol. The summed E-state index contributed by atoms with van der Waals surface area (Å²) < 4.78 is 0. The van der Waals surface area contributed by atoms with Gasteiger partial charge < -0.3 is 5.32 Å². The van der Waals surface area contributed by atoms with E-state index >= 15 is 0 Å². The lowest BCUT2D eigenvalue weighted by molar-refractivity contribution is 0.0586. The lowest BCUT2D eigenvalue weighted by atomic mass is 10.0. The van der Waals surface area contributed by atoms with Crippen molar-refractivity contribution in [1.29, 1.82) is 0 Å². The third-order valence-corrected chi connectivity index (χ3v) is 4.32. The van der Waals surface area contributed by atoms with Crippen molar-refractivity contribution in [3.8, 4) is 0 Å². The Bertz CT molecular complexity index is 462. The Morgan fingerprint density at radius 3 is 2.43 bits per heavy atom. The van der Waals surface area contributed by atoms with Crippen LogP contribution in [0.4, 0.5) is 5.82 Å². The Hall–Kier alpha value is -0.840.